The third kappa shape index (κ3) is 5.26. The van der Waals surface area contributed by atoms with E-state index in [-0.39, 0.29) is 12.5 Å². The molecule has 0 unspecified atom stereocenters. The van der Waals surface area contributed by atoms with E-state index in [1.807, 2.05) is 18.2 Å². The molecule has 1 amide bonds. The minimum atomic E-state index is -0.287. The average molecular weight is 400 g/mol. The summed E-state index contributed by atoms with van der Waals surface area (Å²) < 4.78 is 11.3. The molecule has 1 N–H and O–H groups in total. The van der Waals surface area contributed by atoms with Crippen molar-refractivity contribution in [3.05, 3.63) is 33.2 Å². The SMILES string of the molecule is COCc1nnc(NC(=O)COc2ccc(C(C)C)cc2Br)s1. The van der Waals surface area contributed by atoms with Gasteiger partial charge in [0.05, 0.1) is 4.47 Å². The van der Waals surface area contributed by atoms with E-state index < -0.39 is 0 Å². The second-order valence-corrected chi connectivity index (χ2v) is 7.03. The first kappa shape index (κ1) is 17.8. The lowest BCUT2D eigenvalue weighted by atomic mass is 10.0. The number of methoxy groups -OCH3 is 1. The Balaban J connectivity index is 1.88. The quantitative estimate of drug-likeness (QED) is 0.769. The van der Waals surface area contributed by atoms with Gasteiger partial charge < -0.3 is 9.47 Å². The van der Waals surface area contributed by atoms with E-state index in [1.165, 1.54) is 16.9 Å². The van der Waals surface area contributed by atoms with Crippen LogP contribution in [0.15, 0.2) is 22.7 Å². The van der Waals surface area contributed by atoms with Gasteiger partial charge in [0.15, 0.2) is 6.61 Å². The van der Waals surface area contributed by atoms with E-state index >= 15 is 0 Å². The molecule has 0 saturated heterocycles. The summed E-state index contributed by atoms with van der Waals surface area (Å²) in [5.74, 6) is 0.772. The summed E-state index contributed by atoms with van der Waals surface area (Å²) in [7, 11) is 1.58. The predicted octanol–water partition coefficient (Wildman–Crippen LogP) is 3.59. The molecule has 0 saturated carbocycles. The van der Waals surface area contributed by atoms with Crippen LogP contribution in [0.4, 0.5) is 5.13 Å². The number of benzene rings is 1. The molecule has 124 valence electrons. The van der Waals surface area contributed by atoms with Crippen LogP contribution in [0, 0.1) is 0 Å². The first-order valence-corrected chi connectivity index (χ1v) is 8.64. The molecule has 0 aliphatic heterocycles. The Morgan fingerprint density at radius 2 is 2.17 bits per heavy atom. The fraction of sp³-hybridized carbons (Fsp3) is 0.400. The van der Waals surface area contributed by atoms with Crippen molar-refractivity contribution in [2.45, 2.75) is 26.4 Å². The molecule has 1 aromatic carbocycles. The molecule has 8 heteroatoms. The first-order valence-electron chi connectivity index (χ1n) is 7.03. The number of aromatic nitrogens is 2. The van der Waals surface area contributed by atoms with E-state index in [9.17, 15) is 4.79 Å². The number of ether oxygens (including phenoxy) is 2. The summed E-state index contributed by atoms with van der Waals surface area (Å²) in [4.78, 5) is 11.9. The summed E-state index contributed by atoms with van der Waals surface area (Å²) >= 11 is 4.73. The molecular formula is C15H18BrN3O3S. The molecule has 0 atom stereocenters. The topological polar surface area (TPSA) is 73.3 Å². The molecule has 1 aromatic heterocycles. The largest absolute Gasteiger partial charge is 0.483 e. The third-order valence-electron chi connectivity index (χ3n) is 2.96. The molecule has 0 radical (unpaired) electrons. The van der Waals surface area contributed by atoms with Gasteiger partial charge in [-0.25, -0.2) is 0 Å². The Morgan fingerprint density at radius 3 is 2.83 bits per heavy atom. The van der Waals surface area contributed by atoms with Gasteiger partial charge in [-0.2, -0.15) is 0 Å². The molecule has 0 bridgehead atoms. The van der Waals surface area contributed by atoms with Crippen molar-refractivity contribution in [1.82, 2.24) is 10.2 Å². The predicted molar refractivity (Wildman–Crippen MR) is 93.0 cm³/mol. The fourth-order valence-corrected chi connectivity index (χ4v) is 3.02. The highest BCUT2D eigenvalue weighted by Crippen LogP contribution is 2.28. The Morgan fingerprint density at radius 1 is 1.39 bits per heavy atom. The summed E-state index contributed by atoms with van der Waals surface area (Å²) in [5.41, 5.74) is 1.20. The maximum atomic E-state index is 11.9. The number of carbonyl (C=O) groups excluding carboxylic acids is 1. The molecule has 6 nitrogen and oxygen atoms in total. The van der Waals surface area contributed by atoms with Gasteiger partial charge in [0.25, 0.3) is 5.91 Å². The molecule has 1 heterocycles. The lowest BCUT2D eigenvalue weighted by molar-refractivity contribution is -0.118. The number of carbonyl (C=O) groups is 1. The molecule has 2 rings (SSSR count). The minimum absolute atomic E-state index is 0.0984. The normalized spacial score (nSPS) is 10.8. The van der Waals surface area contributed by atoms with Gasteiger partial charge in [-0.1, -0.05) is 31.3 Å². The van der Waals surface area contributed by atoms with Gasteiger partial charge in [0, 0.05) is 7.11 Å². The number of nitrogens with one attached hydrogen (secondary N) is 1. The molecule has 2 aromatic rings. The number of rotatable bonds is 7. The van der Waals surface area contributed by atoms with Gasteiger partial charge in [0.1, 0.15) is 17.4 Å². The van der Waals surface area contributed by atoms with Crippen LogP contribution >= 0.6 is 27.3 Å². The zero-order valence-electron chi connectivity index (χ0n) is 13.1. The molecule has 23 heavy (non-hydrogen) atoms. The number of halogens is 1. The third-order valence-corrected chi connectivity index (χ3v) is 4.39. The number of amides is 1. The Kier molecular flexibility index (Phi) is 6.49. The van der Waals surface area contributed by atoms with Crippen molar-refractivity contribution in [1.29, 1.82) is 0 Å². The van der Waals surface area contributed by atoms with Gasteiger partial charge in [0.2, 0.25) is 5.13 Å². The van der Waals surface area contributed by atoms with Crippen LogP contribution in [0.5, 0.6) is 5.75 Å². The molecule has 0 fully saturated rings. The highest BCUT2D eigenvalue weighted by atomic mass is 79.9. The highest BCUT2D eigenvalue weighted by molar-refractivity contribution is 9.10. The van der Waals surface area contributed by atoms with Crippen LogP contribution < -0.4 is 10.1 Å². The lowest BCUT2D eigenvalue weighted by Gasteiger charge is -2.11. The van der Waals surface area contributed by atoms with Crippen molar-refractivity contribution < 1.29 is 14.3 Å². The fourth-order valence-electron chi connectivity index (χ4n) is 1.78. The summed E-state index contributed by atoms with van der Waals surface area (Å²) in [6.07, 6.45) is 0. The maximum Gasteiger partial charge on any atom is 0.264 e. The molecule has 0 aliphatic rings. The summed E-state index contributed by atoms with van der Waals surface area (Å²) in [5, 5.41) is 11.6. The molecule has 0 spiro atoms. The van der Waals surface area contributed by atoms with E-state index in [4.69, 9.17) is 9.47 Å². The number of nitrogens with zero attached hydrogens (tertiary/aromatic N) is 2. The molecule has 0 aliphatic carbocycles. The Labute approximate surface area is 147 Å². The van der Waals surface area contributed by atoms with Crippen LogP contribution in [0.25, 0.3) is 0 Å². The second-order valence-electron chi connectivity index (χ2n) is 5.12. The summed E-state index contributed by atoms with van der Waals surface area (Å²) in [6.45, 7) is 4.52. The van der Waals surface area contributed by atoms with Crippen LogP contribution in [-0.4, -0.2) is 29.8 Å². The first-order chi connectivity index (χ1) is 11.0. The van der Waals surface area contributed by atoms with Crippen LogP contribution in [0.3, 0.4) is 0 Å². The van der Waals surface area contributed by atoms with Crippen LogP contribution in [0.1, 0.15) is 30.3 Å². The van der Waals surface area contributed by atoms with Gasteiger partial charge in [-0.15, -0.1) is 10.2 Å². The zero-order chi connectivity index (χ0) is 16.8. The van der Waals surface area contributed by atoms with Crippen LogP contribution in [-0.2, 0) is 16.1 Å². The van der Waals surface area contributed by atoms with Gasteiger partial charge in [-0.3, -0.25) is 10.1 Å². The minimum Gasteiger partial charge on any atom is -0.483 e. The van der Waals surface area contributed by atoms with Crippen LogP contribution in [0.2, 0.25) is 0 Å². The number of hydrogen-bond donors (Lipinski definition) is 1. The van der Waals surface area contributed by atoms with E-state index in [1.54, 1.807) is 7.11 Å². The van der Waals surface area contributed by atoms with Gasteiger partial charge in [-0.05, 0) is 39.5 Å². The average Bonchev–Trinajstić information content (AvgIpc) is 2.93. The Hall–Kier alpha value is -1.51. The zero-order valence-corrected chi connectivity index (χ0v) is 15.5. The van der Waals surface area contributed by atoms with Crippen molar-refractivity contribution in [3.63, 3.8) is 0 Å². The van der Waals surface area contributed by atoms with Gasteiger partial charge >= 0.3 is 0 Å². The van der Waals surface area contributed by atoms with Crippen molar-refractivity contribution in [3.8, 4) is 5.75 Å². The second kappa shape index (κ2) is 8.37. The highest BCUT2D eigenvalue weighted by Gasteiger charge is 2.11. The molecular weight excluding hydrogens is 382 g/mol. The smallest absolute Gasteiger partial charge is 0.264 e. The number of anilines is 1. The lowest BCUT2D eigenvalue weighted by Crippen LogP contribution is -2.20. The Bertz CT molecular complexity index is 676. The monoisotopic (exact) mass is 399 g/mol. The van der Waals surface area contributed by atoms with Crippen molar-refractivity contribution in [2.24, 2.45) is 0 Å². The van der Waals surface area contributed by atoms with E-state index in [0.29, 0.717) is 28.4 Å². The standard InChI is InChI=1S/C15H18BrN3O3S/c1-9(2)10-4-5-12(11(16)6-10)22-7-13(20)17-15-19-18-14(23-15)8-21-3/h4-6,9H,7-8H2,1-3H3,(H,17,19,20). The number of hydrogen-bond acceptors (Lipinski definition) is 6. The van der Waals surface area contributed by atoms with E-state index in [0.717, 1.165) is 4.47 Å². The van der Waals surface area contributed by atoms with Crippen molar-refractivity contribution >= 4 is 38.3 Å². The van der Waals surface area contributed by atoms with Crippen molar-refractivity contribution in [2.75, 3.05) is 19.0 Å². The summed E-state index contributed by atoms with van der Waals surface area (Å²) in [6, 6.07) is 5.85. The maximum absolute atomic E-state index is 11.9. The van der Waals surface area contributed by atoms with E-state index in [2.05, 4.69) is 45.3 Å².